The monoisotopic (exact) mass is 425 g/mol. The van der Waals surface area contributed by atoms with Crippen molar-refractivity contribution in [2.75, 3.05) is 11.1 Å². The molecule has 2 aromatic heterocycles. The van der Waals surface area contributed by atoms with Gasteiger partial charge in [-0.1, -0.05) is 43.2 Å². The first-order valence-corrected chi connectivity index (χ1v) is 11.4. The first-order chi connectivity index (χ1) is 14.6. The number of aryl methyl sites for hydroxylation is 1. The second kappa shape index (κ2) is 9.42. The summed E-state index contributed by atoms with van der Waals surface area (Å²) in [5.41, 5.74) is 3.21. The molecule has 9 heteroatoms. The zero-order valence-electron chi connectivity index (χ0n) is 17.4. The number of hydrogen-bond acceptors (Lipinski definition) is 6. The number of thioether (sulfide) groups is 1. The maximum absolute atomic E-state index is 12.6. The molecular formula is C21H27N7OS. The molecule has 0 aliphatic heterocycles. The van der Waals surface area contributed by atoms with E-state index in [-0.39, 0.29) is 11.7 Å². The second-order valence-corrected chi connectivity index (χ2v) is 8.77. The number of tetrazole rings is 1. The summed E-state index contributed by atoms with van der Waals surface area (Å²) in [6.07, 6.45) is 8.14. The van der Waals surface area contributed by atoms with Crippen LogP contribution in [0.4, 0.5) is 5.82 Å². The number of anilines is 1. The van der Waals surface area contributed by atoms with Crippen molar-refractivity contribution in [1.82, 2.24) is 30.0 Å². The summed E-state index contributed by atoms with van der Waals surface area (Å²) < 4.78 is 3.60. The molecule has 1 aliphatic carbocycles. The Labute approximate surface area is 180 Å². The third-order valence-corrected chi connectivity index (χ3v) is 6.64. The maximum atomic E-state index is 12.6. The van der Waals surface area contributed by atoms with Crippen molar-refractivity contribution in [2.45, 2.75) is 57.7 Å². The van der Waals surface area contributed by atoms with Gasteiger partial charge in [0.1, 0.15) is 5.82 Å². The van der Waals surface area contributed by atoms with Crippen molar-refractivity contribution in [3.63, 3.8) is 0 Å². The summed E-state index contributed by atoms with van der Waals surface area (Å²) in [5, 5.41) is 20.0. The third-order valence-electron chi connectivity index (χ3n) is 5.72. The number of carbonyl (C=O) groups excluding carboxylic acids is 1. The molecule has 1 fully saturated rings. The van der Waals surface area contributed by atoms with Crippen LogP contribution in [0.1, 0.15) is 43.2 Å². The van der Waals surface area contributed by atoms with Crippen LogP contribution in [-0.2, 0) is 11.3 Å². The Balaban J connectivity index is 1.37. The van der Waals surface area contributed by atoms with Crippen LogP contribution < -0.4 is 5.32 Å². The Morgan fingerprint density at radius 3 is 2.87 bits per heavy atom. The van der Waals surface area contributed by atoms with Gasteiger partial charge < -0.3 is 5.32 Å². The number of carbonyl (C=O) groups is 1. The fourth-order valence-corrected chi connectivity index (χ4v) is 4.58. The summed E-state index contributed by atoms with van der Waals surface area (Å²) in [4.78, 5) is 12.6. The van der Waals surface area contributed by atoms with Gasteiger partial charge in [-0.2, -0.15) is 9.78 Å². The highest BCUT2D eigenvalue weighted by molar-refractivity contribution is 7.99. The molecule has 1 saturated carbocycles. The van der Waals surface area contributed by atoms with Gasteiger partial charge in [-0.15, -0.1) is 5.10 Å². The van der Waals surface area contributed by atoms with Crippen molar-refractivity contribution in [3.8, 4) is 5.69 Å². The van der Waals surface area contributed by atoms with E-state index in [4.69, 9.17) is 0 Å². The second-order valence-electron chi connectivity index (χ2n) is 7.83. The van der Waals surface area contributed by atoms with Gasteiger partial charge in [0.15, 0.2) is 0 Å². The fourth-order valence-electron chi connectivity index (χ4n) is 3.89. The van der Waals surface area contributed by atoms with Crippen molar-refractivity contribution < 1.29 is 4.79 Å². The number of aromatic nitrogens is 6. The highest BCUT2D eigenvalue weighted by atomic mass is 32.2. The highest BCUT2D eigenvalue weighted by Gasteiger charge is 2.18. The van der Waals surface area contributed by atoms with Gasteiger partial charge in [-0.3, -0.25) is 4.79 Å². The average molecular weight is 426 g/mol. The Hall–Kier alpha value is -2.68. The first-order valence-electron chi connectivity index (χ1n) is 10.4. The minimum atomic E-state index is -0.0964. The van der Waals surface area contributed by atoms with Crippen LogP contribution in [0.2, 0.25) is 0 Å². The van der Waals surface area contributed by atoms with E-state index in [0.29, 0.717) is 11.1 Å². The molecule has 0 saturated heterocycles. The van der Waals surface area contributed by atoms with E-state index in [1.165, 1.54) is 49.4 Å². The van der Waals surface area contributed by atoms with Gasteiger partial charge in [0.2, 0.25) is 11.1 Å². The van der Waals surface area contributed by atoms with Crippen molar-refractivity contribution >= 4 is 23.5 Å². The summed E-state index contributed by atoms with van der Waals surface area (Å²) >= 11 is 1.32. The van der Waals surface area contributed by atoms with Gasteiger partial charge in [-0.25, -0.2) is 4.68 Å². The maximum Gasteiger partial charge on any atom is 0.235 e. The number of nitrogens with zero attached hydrogens (tertiary/aromatic N) is 6. The van der Waals surface area contributed by atoms with E-state index in [1.807, 2.05) is 29.8 Å². The highest BCUT2D eigenvalue weighted by Crippen LogP contribution is 2.26. The normalized spacial score (nSPS) is 14.7. The van der Waals surface area contributed by atoms with E-state index < -0.39 is 0 Å². The molecule has 2 heterocycles. The third kappa shape index (κ3) is 4.72. The van der Waals surface area contributed by atoms with Crippen LogP contribution in [-0.4, -0.2) is 41.6 Å². The van der Waals surface area contributed by atoms with Gasteiger partial charge in [-0.05, 0) is 60.2 Å². The van der Waals surface area contributed by atoms with Crippen LogP contribution in [0.15, 0.2) is 35.6 Å². The van der Waals surface area contributed by atoms with Crippen molar-refractivity contribution in [2.24, 2.45) is 5.92 Å². The molecule has 1 amide bonds. The van der Waals surface area contributed by atoms with Gasteiger partial charge in [0, 0.05) is 12.6 Å². The van der Waals surface area contributed by atoms with Gasteiger partial charge in [0.05, 0.1) is 17.6 Å². The quantitative estimate of drug-likeness (QED) is 0.579. The fraction of sp³-hybridized carbons (Fsp3) is 0.476. The lowest BCUT2D eigenvalue weighted by Gasteiger charge is -2.22. The first kappa shape index (κ1) is 20.6. The molecule has 4 rings (SSSR count). The molecule has 1 aromatic carbocycles. The van der Waals surface area contributed by atoms with E-state index in [1.54, 1.807) is 10.9 Å². The molecule has 1 aliphatic rings. The Morgan fingerprint density at radius 1 is 1.20 bits per heavy atom. The van der Waals surface area contributed by atoms with Crippen LogP contribution >= 0.6 is 11.8 Å². The minimum absolute atomic E-state index is 0.0964. The zero-order chi connectivity index (χ0) is 20.9. The zero-order valence-corrected chi connectivity index (χ0v) is 18.2. The predicted molar refractivity (Wildman–Crippen MR) is 117 cm³/mol. The van der Waals surface area contributed by atoms with Crippen molar-refractivity contribution in [1.29, 1.82) is 0 Å². The average Bonchev–Trinajstić information content (AvgIpc) is 3.39. The van der Waals surface area contributed by atoms with E-state index >= 15 is 0 Å². The molecule has 30 heavy (non-hydrogen) atoms. The predicted octanol–water partition coefficient (Wildman–Crippen LogP) is 3.79. The molecule has 3 aromatic rings. The SMILES string of the molecule is Cc1cccc(-n2nnnc2SCC(=O)Nc2ccnn2CC2CCCCC2)c1C. The minimum Gasteiger partial charge on any atom is -0.310 e. The summed E-state index contributed by atoms with van der Waals surface area (Å²) in [6, 6.07) is 7.87. The Morgan fingerprint density at radius 2 is 2.03 bits per heavy atom. The van der Waals surface area contributed by atoms with Gasteiger partial charge in [0.25, 0.3) is 0 Å². The smallest absolute Gasteiger partial charge is 0.235 e. The van der Waals surface area contributed by atoms with Crippen LogP contribution in [0.5, 0.6) is 0 Å². The number of amides is 1. The number of nitrogens with one attached hydrogen (secondary N) is 1. The van der Waals surface area contributed by atoms with Crippen LogP contribution in [0, 0.1) is 19.8 Å². The number of benzene rings is 1. The van der Waals surface area contributed by atoms with Crippen LogP contribution in [0.25, 0.3) is 5.69 Å². The van der Waals surface area contributed by atoms with E-state index in [0.717, 1.165) is 23.6 Å². The largest absolute Gasteiger partial charge is 0.310 e. The number of hydrogen-bond donors (Lipinski definition) is 1. The molecule has 0 radical (unpaired) electrons. The van der Waals surface area contributed by atoms with E-state index in [9.17, 15) is 4.79 Å². The van der Waals surface area contributed by atoms with Crippen molar-refractivity contribution in [3.05, 3.63) is 41.6 Å². The molecule has 8 nitrogen and oxygen atoms in total. The number of rotatable bonds is 7. The van der Waals surface area contributed by atoms with Gasteiger partial charge >= 0.3 is 0 Å². The topological polar surface area (TPSA) is 90.5 Å². The molecule has 0 bridgehead atoms. The molecule has 0 atom stereocenters. The standard InChI is InChI=1S/C21H27N7OS/c1-15-7-6-10-18(16(15)2)28-21(24-25-26-28)30-14-20(29)23-19-11-12-22-27(19)13-17-8-4-3-5-9-17/h6-7,10-12,17H,3-5,8-9,13-14H2,1-2H3,(H,23,29). The lowest BCUT2D eigenvalue weighted by Crippen LogP contribution is -2.21. The Kier molecular flexibility index (Phi) is 6.47. The molecule has 0 unspecified atom stereocenters. The van der Waals surface area contributed by atoms with E-state index in [2.05, 4.69) is 38.9 Å². The summed E-state index contributed by atoms with van der Waals surface area (Å²) in [5.74, 6) is 1.52. The van der Waals surface area contributed by atoms with Crippen LogP contribution in [0.3, 0.4) is 0 Å². The molecule has 1 N–H and O–H groups in total. The molecular weight excluding hydrogens is 398 g/mol. The lowest BCUT2D eigenvalue weighted by atomic mass is 9.89. The summed E-state index contributed by atoms with van der Waals surface area (Å²) in [6.45, 7) is 4.96. The lowest BCUT2D eigenvalue weighted by molar-refractivity contribution is -0.113. The Bertz CT molecular complexity index is 1010. The molecule has 0 spiro atoms. The molecule has 158 valence electrons. The summed E-state index contributed by atoms with van der Waals surface area (Å²) in [7, 11) is 0.